The average molecular weight is 334 g/mol. The number of carbonyl (C=O) groups excluding carboxylic acids is 2. The molecule has 0 bridgehead atoms. The maximum Gasteiger partial charge on any atom is 0.347 e. The van der Waals surface area contributed by atoms with Gasteiger partial charge >= 0.3 is 11.9 Å². The van der Waals surface area contributed by atoms with E-state index in [4.69, 9.17) is 4.74 Å². The summed E-state index contributed by atoms with van der Waals surface area (Å²) >= 11 is 0. The van der Waals surface area contributed by atoms with Crippen molar-refractivity contribution in [1.82, 2.24) is 0 Å². The molecule has 0 aliphatic rings. The highest BCUT2D eigenvalue weighted by Crippen LogP contribution is 2.24. The third-order valence-corrected chi connectivity index (χ3v) is 4.39. The zero-order valence-electron chi connectivity index (χ0n) is 12.4. The first kappa shape index (κ1) is 16.9. The molecule has 2 aromatic carbocycles. The summed E-state index contributed by atoms with van der Waals surface area (Å²) in [5.41, 5.74) is 0.552. The number of hydrogen-bond donors (Lipinski definition) is 1. The molecule has 0 radical (unpaired) electrons. The summed E-state index contributed by atoms with van der Waals surface area (Å²) < 4.78 is 37.2. The molecule has 120 valence electrons. The van der Waals surface area contributed by atoms with Gasteiger partial charge < -0.3 is 4.74 Å². The number of carbonyl (C=O) groups is 2. The second-order valence-corrected chi connectivity index (χ2v) is 6.26. The number of ether oxygens (including phenoxy) is 1. The maximum atomic E-state index is 12.1. The Balaban J connectivity index is 2.41. The maximum absolute atomic E-state index is 12.1. The lowest BCUT2D eigenvalue weighted by molar-refractivity contribution is 0.0394. The molecule has 6 nitrogen and oxygen atoms in total. The van der Waals surface area contributed by atoms with Crippen LogP contribution in [0.5, 0.6) is 0 Å². The van der Waals surface area contributed by atoms with Crippen LogP contribution in [0.2, 0.25) is 0 Å². The van der Waals surface area contributed by atoms with Gasteiger partial charge in [-0.25, -0.2) is 9.59 Å². The zero-order chi connectivity index (χ0) is 17.2. The summed E-state index contributed by atoms with van der Waals surface area (Å²) in [6.07, 6.45) is 0. The summed E-state index contributed by atoms with van der Waals surface area (Å²) in [5.74, 6) is -2.05. The van der Waals surface area contributed by atoms with Gasteiger partial charge in [0, 0.05) is 0 Å². The van der Waals surface area contributed by atoms with Gasteiger partial charge in [0.1, 0.15) is 4.90 Å². The van der Waals surface area contributed by atoms with Crippen molar-refractivity contribution in [2.45, 2.75) is 18.7 Å². The van der Waals surface area contributed by atoms with E-state index in [0.717, 1.165) is 0 Å². The van der Waals surface area contributed by atoms with Gasteiger partial charge in [-0.05, 0) is 43.2 Å². The van der Waals surface area contributed by atoms with Gasteiger partial charge in [0.15, 0.2) is 0 Å². The Morgan fingerprint density at radius 3 is 2.13 bits per heavy atom. The summed E-state index contributed by atoms with van der Waals surface area (Å²) in [4.78, 5) is 23.5. The molecule has 0 saturated carbocycles. The molecule has 23 heavy (non-hydrogen) atoms. The van der Waals surface area contributed by atoms with Crippen LogP contribution >= 0.6 is 0 Å². The van der Waals surface area contributed by atoms with E-state index in [0.29, 0.717) is 5.56 Å². The van der Waals surface area contributed by atoms with Crippen LogP contribution in [0.15, 0.2) is 47.4 Å². The van der Waals surface area contributed by atoms with Crippen LogP contribution in [0, 0.1) is 13.8 Å². The molecule has 0 heterocycles. The van der Waals surface area contributed by atoms with Crippen LogP contribution in [0.25, 0.3) is 0 Å². The van der Waals surface area contributed by atoms with Crippen molar-refractivity contribution in [3.63, 3.8) is 0 Å². The number of rotatable bonds is 3. The molecule has 2 aromatic rings. The second kappa shape index (κ2) is 6.31. The van der Waals surface area contributed by atoms with Crippen molar-refractivity contribution >= 4 is 22.1 Å². The lowest BCUT2D eigenvalue weighted by Crippen LogP contribution is -2.17. The monoisotopic (exact) mass is 334 g/mol. The molecule has 0 spiro atoms. The Morgan fingerprint density at radius 2 is 1.57 bits per heavy atom. The van der Waals surface area contributed by atoms with E-state index in [-0.39, 0.29) is 16.7 Å². The van der Waals surface area contributed by atoms with Gasteiger partial charge in [0.25, 0.3) is 10.1 Å². The molecular weight excluding hydrogens is 320 g/mol. The standard InChI is InChI=1S/C16H14O6S/c1-10-8-9-13(14(11(10)2)23(19,20)21)16(18)22-15(17)12-6-4-3-5-7-12/h3-9H,1-2H3,(H,19,20,21). The topological polar surface area (TPSA) is 97.7 Å². The first-order valence-corrected chi connectivity index (χ1v) is 8.05. The third-order valence-electron chi connectivity index (χ3n) is 3.35. The molecule has 7 heteroatoms. The van der Waals surface area contributed by atoms with Crippen molar-refractivity contribution in [2.24, 2.45) is 0 Å². The molecule has 0 saturated heterocycles. The quantitative estimate of drug-likeness (QED) is 0.526. The Bertz CT molecular complexity index is 869. The average Bonchev–Trinajstić information content (AvgIpc) is 2.49. The van der Waals surface area contributed by atoms with Crippen LogP contribution in [-0.4, -0.2) is 24.9 Å². The number of hydrogen-bond acceptors (Lipinski definition) is 5. The predicted octanol–water partition coefficient (Wildman–Crippen LogP) is 2.55. The van der Waals surface area contributed by atoms with Crippen LogP contribution in [0.1, 0.15) is 31.8 Å². The van der Waals surface area contributed by atoms with Gasteiger partial charge in [-0.15, -0.1) is 0 Å². The molecule has 0 fully saturated rings. The molecule has 2 rings (SSSR count). The van der Waals surface area contributed by atoms with Gasteiger partial charge in [-0.1, -0.05) is 24.3 Å². The second-order valence-electron chi connectivity index (χ2n) is 4.90. The lowest BCUT2D eigenvalue weighted by atomic mass is 10.1. The normalized spacial score (nSPS) is 11.1. The Kier molecular flexibility index (Phi) is 4.63. The minimum Gasteiger partial charge on any atom is -0.386 e. The largest absolute Gasteiger partial charge is 0.386 e. The highest BCUT2D eigenvalue weighted by Gasteiger charge is 2.26. The fourth-order valence-corrected chi connectivity index (χ4v) is 3.03. The summed E-state index contributed by atoms with van der Waals surface area (Å²) in [6, 6.07) is 10.5. The molecule has 0 aliphatic carbocycles. The molecule has 0 aliphatic heterocycles. The van der Waals surface area contributed by atoms with Gasteiger partial charge in [-0.2, -0.15) is 8.42 Å². The van der Waals surface area contributed by atoms with Gasteiger partial charge in [0.2, 0.25) is 0 Å². The van der Waals surface area contributed by atoms with Crippen molar-refractivity contribution in [3.05, 3.63) is 64.7 Å². The van der Waals surface area contributed by atoms with Crippen molar-refractivity contribution in [2.75, 3.05) is 0 Å². The van der Waals surface area contributed by atoms with Crippen LogP contribution < -0.4 is 0 Å². The zero-order valence-corrected chi connectivity index (χ0v) is 13.3. The Labute approximate surface area is 133 Å². The fraction of sp³-hybridized carbons (Fsp3) is 0.125. The van der Waals surface area contributed by atoms with E-state index in [1.807, 2.05) is 0 Å². The van der Waals surface area contributed by atoms with Crippen molar-refractivity contribution < 1.29 is 27.3 Å². The molecule has 0 aromatic heterocycles. The Morgan fingerprint density at radius 1 is 0.957 bits per heavy atom. The lowest BCUT2D eigenvalue weighted by Gasteiger charge is -2.11. The van der Waals surface area contributed by atoms with E-state index in [2.05, 4.69) is 0 Å². The van der Waals surface area contributed by atoms with Gasteiger partial charge in [-0.3, -0.25) is 4.55 Å². The smallest absolute Gasteiger partial charge is 0.347 e. The van der Waals surface area contributed by atoms with Gasteiger partial charge in [0.05, 0.1) is 11.1 Å². The van der Waals surface area contributed by atoms with Crippen LogP contribution in [0.4, 0.5) is 0 Å². The first-order chi connectivity index (χ1) is 10.7. The fourth-order valence-electron chi connectivity index (χ4n) is 2.06. The summed E-state index contributed by atoms with van der Waals surface area (Å²) in [7, 11) is -4.64. The van der Waals surface area contributed by atoms with Crippen LogP contribution in [0.3, 0.4) is 0 Å². The predicted molar refractivity (Wildman–Crippen MR) is 81.9 cm³/mol. The minimum atomic E-state index is -4.64. The first-order valence-electron chi connectivity index (χ1n) is 6.61. The summed E-state index contributed by atoms with van der Waals surface area (Å²) in [6.45, 7) is 3.09. The molecule has 0 atom stereocenters. The van der Waals surface area contributed by atoms with Crippen molar-refractivity contribution in [3.8, 4) is 0 Å². The highest BCUT2D eigenvalue weighted by atomic mass is 32.2. The van der Waals surface area contributed by atoms with E-state index >= 15 is 0 Å². The van der Waals surface area contributed by atoms with Crippen molar-refractivity contribution in [1.29, 1.82) is 0 Å². The van der Waals surface area contributed by atoms with E-state index in [1.54, 1.807) is 25.1 Å². The number of esters is 2. The summed E-state index contributed by atoms with van der Waals surface area (Å²) in [5, 5.41) is 0. The molecule has 0 amide bonds. The van der Waals surface area contributed by atoms with E-state index in [1.165, 1.54) is 31.2 Å². The third kappa shape index (κ3) is 3.64. The molecule has 0 unspecified atom stereocenters. The number of benzene rings is 2. The Hall–Kier alpha value is -2.51. The van der Waals surface area contributed by atoms with E-state index in [9.17, 15) is 22.6 Å². The molecular formula is C16H14O6S. The van der Waals surface area contributed by atoms with Crippen LogP contribution in [-0.2, 0) is 14.9 Å². The SMILES string of the molecule is Cc1ccc(C(=O)OC(=O)c2ccccc2)c(S(=O)(=O)O)c1C. The number of aryl methyl sites for hydroxylation is 1. The minimum absolute atomic E-state index is 0.151. The highest BCUT2D eigenvalue weighted by molar-refractivity contribution is 7.86. The molecule has 1 N–H and O–H groups in total. The van der Waals surface area contributed by atoms with E-state index < -0.39 is 27.0 Å².